The van der Waals surface area contributed by atoms with E-state index >= 15 is 0 Å². The summed E-state index contributed by atoms with van der Waals surface area (Å²) in [5.74, 6) is 0.510. The SMILES string of the molecule is Cn1cnc(CNC(=O)CC(C)(C)N)n1. The molecule has 84 valence electrons. The van der Waals surface area contributed by atoms with Gasteiger partial charge in [-0.15, -0.1) is 0 Å². The fourth-order valence-electron chi connectivity index (χ4n) is 1.12. The normalized spacial score (nSPS) is 11.5. The Morgan fingerprint density at radius 3 is 2.80 bits per heavy atom. The first-order valence-electron chi connectivity index (χ1n) is 4.77. The quantitative estimate of drug-likeness (QED) is 0.707. The van der Waals surface area contributed by atoms with Gasteiger partial charge < -0.3 is 11.1 Å². The van der Waals surface area contributed by atoms with Crippen molar-refractivity contribution in [3.05, 3.63) is 12.2 Å². The van der Waals surface area contributed by atoms with Gasteiger partial charge in [-0.05, 0) is 13.8 Å². The number of carbonyl (C=O) groups is 1. The minimum Gasteiger partial charge on any atom is -0.349 e. The van der Waals surface area contributed by atoms with Gasteiger partial charge >= 0.3 is 0 Å². The van der Waals surface area contributed by atoms with E-state index in [4.69, 9.17) is 5.73 Å². The lowest BCUT2D eigenvalue weighted by Gasteiger charge is -2.16. The van der Waals surface area contributed by atoms with Gasteiger partial charge in [0.05, 0.1) is 6.54 Å². The third-order valence-electron chi connectivity index (χ3n) is 1.71. The molecule has 0 bridgehead atoms. The average Bonchev–Trinajstić information content (AvgIpc) is 2.45. The third kappa shape index (κ3) is 4.55. The molecule has 1 rings (SSSR count). The van der Waals surface area contributed by atoms with Crippen molar-refractivity contribution < 1.29 is 4.79 Å². The first-order valence-corrected chi connectivity index (χ1v) is 4.77. The molecule has 1 aromatic heterocycles. The van der Waals surface area contributed by atoms with Gasteiger partial charge in [-0.1, -0.05) is 0 Å². The van der Waals surface area contributed by atoms with Gasteiger partial charge in [-0.3, -0.25) is 9.48 Å². The maximum Gasteiger partial charge on any atom is 0.222 e. The molecule has 0 aliphatic heterocycles. The first-order chi connectivity index (χ1) is 6.87. The van der Waals surface area contributed by atoms with Crippen LogP contribution < -0.4 is 11.1 Å². The van der Waals surface area contributed by atoms with Gasteiger partial charge in [0, 0.05) is 19.0 Å². The Bertz CT molecular complexity index is 339. The molecule has 0 aliphatic rings. The van der Waals surface area contributed by atoms with Crippen LogP contribution in [-0.2, 0) is 18.4 Å². The minimum absolute atomic E-state index is 0.0880. The number of nitrogens with one attached hydrogen (secondary N) is 1. The van der Waals surface area contributed by atoms with E-state index in [9.17, 15) is 4.79 Å². The molecule has 0 atom stereocenters. The molecular formula is C9H17N5O. The highest BCUT2D eigenvalue weighted by Gasteiger charge is 2.16. The van der Waals surface area contributed by atoms with Gasteiger partial charge in [0.1, 0.15) is 6.33 Å². The summed E-state index contributed by atoms with van der Waals surface area (Å²) in [5, 5.41) is 6.75. The van der Waals surface area contributed by atoms with Crippen molar-refractivity contribution in [2.45, 2.75) is 32.4 Å². The molecule has 1 amide bonds. The predicted molar refractivity (Wildman–Crippen MR) is 55.7 cm³/mol. The molecule has 3 N–H and O–H groups in total. The van der Waals surface area contributed by atoms with E-state index in [-0.39, 0.29) is 5.91 Å². The Labute approximate surface area is 88.9 Å². The number of hydrogen-bond donors (Lipinski definition) is 2. The van der Waals surface area contributed by atoms with Crippen LogP contribution in [0.1, 0.15) is 26.1 Å². The van der Waals surface area contributed by atoms with Crippen LogP contribution in [0.3, 0.4) is 0 Å². The number of aryl methyl sites for hydroxylation is 1. The van der Waals surface area contributed by atoms with Gasteiger partial charge in [-0.2, -0.15) is 5.10 Å². The van der Waals surface area contributed by atoms with E-state index in [1.165, 1.54) is 0 Å². The molecule has 6 heteroatoms. The third-order valence-corrected chi connectivity index (χ3v) is 1.71. The molecule has 15 heavy (non-hydrogen) atoms. The standard InChI is InChI=1S/C9H17N5O/c1-9(2,10)4-8(15)11-5-7-12-6-14(3)13-7/h6H,4-5,10H2,1-3H3,(H,11,15). The van der Waals surface area contributed by atoms with E-state index in [1.54, 1.807) is 18.1 Å². The number of hydrogen-bond acceptors (Lipinski definition) is 4. The summed E-state index contributed by atoms with van der Waals surface area (Å²) < 4.78 is 1.59. The molecule has 0 aromatic carbocycles. The molecule has 0 aliphatic carbocycles. The molecule has 6 nitrogen and oxygen atoms in total. The van der Waals surface area contributed by atoms with Crippen molar-refractivity contribution in [1.82, 2.24) is 20.1 Å². The Balaban J connectivity index is 2.35. The summed E-state index contributed by atoms with van der Waals surface area (Å²) in [6.45, 7) is 3.97. The van der Waals surface area contributed by atoms with E-state index in [0.29, 0.717) is 18.8 Å². The number of amides is 1. The summed E-state index contributed by atoms with van der Waals surface area (Å²) in [4.78, 5) is 15.4. The summed E-state index contributed by atoms with van der Waals surface area (Å²) >= 11 is 0. The van der Waals surface area contributed by atoms with E-state index < -0.39 is 5.54 Å². The van der Waals surface area contributed by atoms with E-state index in [2.05, 4.69) is 15.4 Å². The van der Waals surface area contributed by atoms with Crippen LogP contribution >= 0.6 is 0 Å². The number of nitrogens with zero attached hydrogens (tertiary/aromatic N) is 3. The monoisotopic (exact) mass is 211 g/mol. The Morgan fingerprint density at radius 2 is 2.33 bits per heavy atom. The summed E-state index contributed by atoms with van der Waals surface area (Å²) in [7, 11) is 1.78. The second kappa shape index (κ2) is 4.39. The molecule has 0 saturated heterocycles. The van der Waals surface area contributed by atoms with Crippen molar-refractivity contribution in [2.24, 2.45) is 12.8 Å². The molecule has 1 heterocycles. The van der Waals surface area contributed by atoms with E-state index in [0.717, 1.165) is 0 Å². The zero-order valence-electron chi connectivity index (χ0n) is 9.32. The van der Waals surface area contributed by atoms with Gasteiger partial charge in [0.2, 0.25) is 5.91 Å². The maximum absolute atomic E-state index is 11.4. The van der Waals surface area contributed by atoms with Crippen LogP contribution in [0.25, 0.3) is 0 Å². The van der Waals surface area contributed by atoms with E-state index in [1.807, 2.05) is 13.8 Å². The second-order valence-corrected chi connectivity index (χ2v) is 4.28. The van der Waals surface area contributed by atoms with Crippen molar-refractivity contribution in [3.8, 4) is 0 Å². The number of carbonyl (C=O) groups excluding carboxylic acids is 1. The van der Waals surface area contributed by atoms with Crippen LogP contribution in [0.2, 0.25) is 0 Å². The van der Waals surface area contributed by atoms with Crippen molar-refractivity contribution in [2.75, 3.05) is 0 Å². The summed E-state index contributed by atoms with van der Waals surface area (Å²) in [6.07, 6.45) is 1.88. The average molecular weight is 211 g/mol. The van der Waals surface area contributed by atoms with Crippen LogP contribution in [0, 0.1) is 0 Å². The Kier molecular flexibility index (Phi) is 3.41. The van der Waals surface area contributed by atoms with Gasteiger partial charge in [0.15, 0.2) is 5.82 Å². The molecule has 0 spiro atoms. The topological polar surface area (TPSA) is 85.8 Å². The lowest BCUT2D eigenvalue weighted by molar-refractivity contribution is -0.122. The zero-order valence-corrected chi connectivity index (χ0v) is 9.32. The largest absolute Gasteiger partial charge is 0.349 e. The second-order valence-electron chi connectivity index (χ2n) is 4.28. The van der Waals surface area contributed by atoms with Crippen LogP contribution in [0.5, 0.6) is 0 Å². The van der Waals surface area contributed by atoms with Crippen molar-refractivity contribution >= 4 is 5.91 Å². The zero-order chi connectivity index (χ0) is 11.5. The highest BCUT2D eigenvalue weighted by molar-refractivity contribution is 5.76. The molecule has 0 unspecified atom stereocenters. The smallest absolute Gasteiger partial charge is 0.222 e. The fraction of sp³-hybridized carbons (Fsp3) is 0.667. The molecule has 0 radical (unpaired) electrons. The van der Waals surface area contributed by atoms with Crippen LogP contribution in [-0.4, -0.2) is 26.2 Å². The van der Waals surface area contributed by atoms with Crippen LogP contribution in [0.15, 0.2) is 6.33 Å². The fourth-order valence-corrected chi connectivity index (χ4v) is 1.12. The predicted octanol–water partition coefficient (Wildman–Crippen LogP) is -0.441. The van der Waals surface area contributed by atoms with Crippen LogP contribution in [0.4, 0.5) is 0 Å². The number of rotatable bonds is 4. The highest BCUT2D eigenvalue weighted by atomic mass is 16.1. The van der Waals surface area contributed by atoms with Crippen molar-refractivity contribution in [1.29, 1.82) is 0 Å². The Hall–Kier alpha value is -1.43. The summed E-state index contributed by atoms with van der Waals surface area (Å²) in [6, 6.07) is 0. The Morgan fingerprint density at radius 1 is 1.67 bits per heavy atom. The highest BCUT2D eigenvalue weighted by Crippen LogP contribution is 2.02. The van der Waals surface area contributed by atoms with Gasteiger partial charge in [0.25, 0.3) is 0 Å². The number of nitrogens with two attached hydrogens (primary N) is 1. The minimum atomic E-state index is -0.484. The summed E-state index contributed by atoms with van der Waals surface area (Å²) in [5.41, 5.74) is 5.23. The number of aromatic nitrogens is 3. The lowest BCUT2D eigenvalue weighted by Crippen LogP contribution is -2.38. The lowest BCUT2D eigenvalue weighted by atomic mass is 10.0. The van der Waals surface area contributed by atoms with Crippen molar-refractivity contribution in [3.63, 3.8) is 0 Å². The molecule has 1 aromatic rings. The molecule has 0 saturated carbocycles. The first kappa shape index (κ1) is 11.6. The van der Waals surface area contributed by atoms with Gasteiger partial charge in [-0.25, -0.2) is 4.98 Å². The maximum atomic E-state index is 11.4. The molecular weight excluding hydrogens is 194 g/mol. The molecule has 0 fully saturated rings.